The van der Waals surface area contributed by atoms with Gasteiger partial charge in [0, 0.05) is 31.3 Å². The number of hydrogen-bond acceptors (Lipinski definition) is 4. The van der Waals surface area contributed by atoms with Crippen LogP contribution in [0.25, 0.3) is 0 Å². The van der Waals surface area contributed by atoms with E-state index in [1.165, 1.54) is 0 Å². The van der Waals surface area contributed by atoms with Crippen LogP contribution in [0.3, 0.4) is 0 Å². The van der Waals surface area contributed by atoms with E-state index in [1.807, 2.05) is 36.4 Å². The molecule has 206 valence electrons. The molecule has 36 heavy (non-hydrogen) atoms. The Bertz CT molecular complexity index is 965. The standard InChI is InChI=1S/C26H47BrN2O4SSi2/c1-24(2,3)35(7,8)32-21-26(17-14-18-27,22-33-36(9,10)25(4,5)6)20-29-34(30,31)28-19-23-15-12-11-13-16-23/h11-13,15-18,28-29H,19-22H2,1-10H3. The summed E-state index contributed by atoms with van der Waals surface area (Å²) in [6, 6.07) is 9.44. The average Bonchev–Trinajstić information content (AvgIpc) is 2.76. The molecule has 6 nitrogen and oxygen atoms in total. The summed E-state index contributed by atoms with van der Waals surface area (Å²) < 4.78 is 44.5. The van der Waals surface area contributed by atoms with Crippen molar-refractivity contribution in [2.45, 2.75) is 84.4 Å². The van der Waals surface area contributed by atoms with E-state index < -0.39 is 32.3 Å². The van der Waals surface area contributed by atoms with Gasteiger partial charge in [0.25, 0.3) is 10.2 Å². The van der Waals surface area contributed by atoms with E-state index in [0.717, 1.165) is 5.56 Å². The van der Waals surface area contributed by atoms with Gasteiger partial charge in [-0.3, -0.25) is 0 Å². The Labute approximate surface area is 230 Å². The molecule has 0 unspecified atom stereocenters. The van der Waals surface area contributed by atoms with Crippen LogP contribution >= 0.6 is 15.9 Å². The molecular weight excluding hydrogens is 572 g/mol. The Kier molecular flexibility index (Phi) is 12.1. The number of halogens is 1. The van der Waals surface area contributed by atoms with Crippen molar-refractivity contribution in [2.24, 2.45) is 5.41 Å². The molecule has 10 heteroatoms. The minimum atomic E-state index is -3.76. The van der Waals surface area contributed by atoms with E-state index in [1.54, 1.807) is 4.99 Å². The molecule has 0 saturated heterocycles. The van der Waals surface area contributed by atoms with Crippen LogP contribution in [-0.2, 0) is 25.6 Å². The fraction of sp³-hybridized carbons (Fsp3) is 0.654. The second-order valence-electron chi connectivity index (χ2n) is 12.5. The molecule has 0 atom stereocenters. The van der Waals surface area contributed by atoms with Gasteiger partial charge in [-0.05, 0) is 47.9 Å². The molecule has 1 rings (SSSR count). The normalized spacial score (nSPS) is 13.9. The molecule has 0 aliphatic rings. The molecule has 0 heterocycles. The fourth-order valence-electron chi connectivity index (χ4n) is 2.63. The van der Waals surface area contributed by atoms with Crippen LogP contribution in [0.2, 0.25) is 36.3 Å². The maximum absolute atomic E-state index is 12.9. The van der Waals surface area contributed by atoms with Crippen molar-refractivity contribution < 1.29 is 17.3 Å². The monoisotopic (exact) mass is 618 g/mol. The second kappa shape index (κ2) is 13.0. The van der Waals surface area contributed by atoms with Gasteiger partial charge < -0.3 is 8.85 Å². The zero-order valence-electron chi connectivity index (χ0n) is 23.8. The number of rotatable bonds is 13. The predicted molar refractivity (Wildman–Crippen MR) is 161 cm³/mol. The second-order valence-corrected chi connectivity index (χ2v) is 24.2. The number of benzene rings is 1. The third-order valence-corrected chi connectivity index (χ3v) is 17.7. The summed E-state index contributed by atoms with van der Waals surface area (Å²) >= 11 is 3.31. The minimum absolute atomic E-state index is 0.0186. The summed E-state index contributed by atoms with van der Waals surface area (Å²) in [5.74, 6) is 0. The van der Waals surface area contributed by atoms with Crippen LogP contribution in [0, 0.1) is 5.41 Å². The van der Waals surface area contributed by atoms with E-state index in [2.05, 4.69) is 98.8 Å². The Morgan fingerprint density at radius 1 is 0.889 bits per heavy atom. The summed E-state index contributed by atoms with van der Waals surface area (Å²) in [5.41, 5.74) is 3.26. The lowest BCUT2D eigenvalue weighted by atomic mass is 9.90. The lowest BCUT2D eigenvalue weighted by molar-refractivity contribution is 0.106. The van der Waals surface area contributed by atoms with Crippen LogP contribution in [0.5, 0.6) is 0 Å². The van der Waals surface area contributed by atoms with E-state index in [9.17, 15) is 8.42 Å². The van der Waals surface area contributed by atoms with Crippen molar-refractivity contribution in [3.63, 3.8) is 0 Å². The van der Waals surface area contributed by atoms with E-state index in [0.29, 0.717) is 13.2 Å². The Morgan fingerprint density at radius 3 is 1.78 bits per heavy atom. The van der Waals surface area contributed by atoms with Crippen LogP contribution in [0.15, 0.2) is 47.1 Å². The van der Waals surface area contributed by atoms with Crippen molar-refractivity contribution in [1.82, 2.24) is 9.44 Å². The van der Waals surface area contributed by atoms with Gasteiger partial charge in [0.2, 0.25) is 0 Å². The van der Waals surface area contributed by atoms with Gasteiger partial charge in [-0.2, -0.15) is 13.1 Å². The molecule has 0 spiro atoms. The van der Waals surface area contributed by atoms with Gasteiger partial charge >= 0.3 is 0 Å². The SMILES string of the molecule is CC(C)(C)[Si](C)(C)OCC(C=C=CBr)(CNS(=O)(=O)NCc1ccccc1)CO[Si](C)(C)C(C)(C)C. The number of hydrogen-bond donors (Lipinski definition) is 2. The van der Waals surface area contributed by atoms with Crippen molar-refractivity contribution in [1.29, 1.82) is 0 Å². The smallest absolute Gasteiger partial charge is 0.277 e. The molecule has 0 saturated carbocycles. The first-order chi connectivity index (χ1) is 16.3. The third-order valence-electron chi connectivity index (χ3n) is 7.43. The fourth-order valence-corrected chi connectivity index (χ4v) is 5.86. The third kappa shape index (κ3) is 10.7. The molecule has 0 fully saturated rings. The summed E-state index contributed by atoms with van der Waals surface area (Å²) in [7, 11) is -7.97. The molecule has 1 aromatic carbocycles. The summed E-state index contributed by atoms with van der Waals surface area (Å²) in [5, 5.41) is 0.0372. The van der Waals surface area contributed by atoms with Crippen molar-refractivity contribution in [3.05, 3.63) is 52.7 Å². The highest BCUT2D eigenvalue weighted by molar-refractivity contribution is 9.11. The molecule has 2 N–H and O–H groups in total. The first-order valence-corrected chi connectivity index (χ1v) is 20.6. The van der Waals surface area contributed by atoms with Gasteiger partial charge in [0.05, 0.1) is 5.41 Å². The maximum Gasteiger partial charge on any atom is 0.277 e. The quantitative estimate of drug-likeness (QED) is 0.190. The van der Waals surface area contributed by atoms with Gasteiger partial charge in [-0.15, -0.1) is 5.73 Å². The van der Waals surface area contributed by atoms with Crippen LogP contribution < -0.4 is 9.44 Å². The summed E-state index contributed by atoms with van der Waals surface area (Å²) in [4.78, 5) is 1.64. The maximum atomic E-state index is 12.9. The topological polar surface area (TPSA) is 76.7 Å². The first-order valence-electron chi connectivity index (χ1n) is 12.3. The summed E-state index contributed by atoms with van der Waals surface area (Å²) in [6.07, 6.45) is 1.88. The van der Waals surface area contributed by atoms with Gasteiger partial charge in [0.15, 0.2) is 16.6 Å². The van der Waals surface area contributed by atoms with Crippen molar-refractivity contribution in [3.8, 4) is 0 Å². The van der Waals surface area contributed by atoms with Crippen LogP contribution in [-0.4, -0.2) is 44.8 Å². The highest BCUT2D eigenvalue weighted by Crippen LogP contribution is 2.40. The zero-order chi connectivity index (χ0) is 27.9. The van der Waals surface area contributed by atoms with Gasteiger partial charge in [-0.1, -0.05) is 87.8 Å². The zero-order valence-corrected chi connectivity index (χ0v) is 28.2. The highest BCUT2D eigenvalue weighted by Gasteiger charge is 2.43. The highest BCUT2D eigenvalue weighted by atomic mass is 79.9. The molecule has 0 aliphatic carbocycles. The lowest BCUT2D eigenvalue weighted by Gasteiger charge is -2.42. The van der Waals surface area contributed by atoms with Crippen molar-refractivity contribution in [2.75, 3.05) is 19.8 Å². The van der Waals surface area contributed by atoms with Crippen molar-refractivity contribution >= 4 is 42.8 Å². The van der Waals surface area contributed by atoms with Crippen LogP contribution in [0.1, 0.15) is 47.1 Å². The molecule has 0 aliphatic heterocycles. The molecule has 0 bridgehead atoms. The van der Waals surface area contributed by atoms with Gasteiger partial charge in [0.1, 0.15) is 0 Å². The lowest BCUT2D eigenvalue weighted by Crippen LogP contribution is -2.52. The largest absolute Gasteiger partial charge is 0.416 e. The summed E-state index contributed by atoms with van der Waals surface area (Å²) in [6.45, 7) is 22.9. The Hall–Kier alpha value is -0.556. The first kappa shape index (κ1) is 33.5. The van der Waals surface area contributed by atoms with Crippen LogP contribution in [0.4, 0.5) is 0 Å². The van der Waals surface area contributed by atoms with E-state index in [4.69, 9.17) is 8.85 Å². The molecule has 0 amide bonds. The Morgan fingerprint density at radius 2 is 1.36 bits per heavy atom. The molecule has 0 aromatic heterocycles. The minimum Gasteiger partial charge on any atom is -0.416 e. The molecule has 0 radical (unpaired) electrons. The predicted octanol–water partition coefficient (Wildman–Crippen LogP) is 6.70. The average molecular weight is 620 g/mol. The molecule has 1 aromatic rings. The van der Waals surface area contributed by atoms with E-state index in [-0.39, 0.29) is 23.2 Å². The number of nitrogens with one attached hydrogen (secondary N) is 2. The molecular formula is C26H47BrN2O4SSi2. The Balaban J connectivity index is 3.23. The van der Waals surface area contributed by atoms with E-state index >= 15 is 0 Å². The van der Waals surface area contributed by atoms with Gasteiger partial charge in [-0.25, -0.2) is 4.72 Å².